The van der Waals surface area contributed by atoms with Crippen molar-refractivity contribution in [2.75, 3.05) is 0 Å². The molecule has 2 aromatic carbocycles. The van der Waals surface area contributed by atoms with Crippen molar-refractivity contribution in [1.82, 2.24) is 0 Å². The smallest absolute Gasteiger partial charge is 0.417 e. The van der Waals surface area contributed by atoms with Crippen LogP contribution in [0.5, 0.6) is 5.75 Å². The maximum Gasteiger partial charge on any atom is 0.417 e. The number of rotatable bonds is 4. The lowest BCUT2D eigenvalue weighted by Gasteiger charge is -2.31. The van der Waals surface area contributed by atoms with Gasteiger partial charge in [0.15, 0.2) is 0 Å². The van der Waals surface area contributed by atoms with Crippen LogP contribution in [0.15, 0.2) is 42.5 Å². The second kappa shape index (κ2) is 6.52. The Bertz CT molecular complexity index is 697. The van der Waals surface area contributed by atoms with Gasteiger partial charge in [0.05, 0.1) is 5.56 Å². The Labute approximate surface area is 136 Å². The maximum absolute atomic E-state index is 13.3. The number of hydrogen-bond donors (Lipinski definition) is 1. The quantitative estimate of drug-likeness (QED) is 0.744. The number of phenols is 1. The first-order valence-corrected chi connectivity index (χ1v) is 8.42. The predicted octanol–water partition coefficient (Wildman–Crippen LogP) is 5.35. The fourth-order valence-electron chi connectivity index (χ4n) is 2.63. The molecule has 2 unspecified atom stereocenters. The molecule has 1 N–H and O–H groups in total. The molecule has 0 saturated carbocycles. The van der Waals surface area contributed by atoms with Crippen LogP contribution in [-0.4, -0.2) is 5.11 Å². The third kappa shape index (κ3) is 3.69. The van der Waals surface area contributed by atoms with Gasteiger partial charge in [0, 0.05) is 10.7 Å². The molecule has 2 atom stereocenters. The lowest BCUT2D eigenvalue weighted by molar-refractivity contribution is -0.136. The van der Waals surface area contributed by atoms with Crippen molar-refractivity contribution in [3.63, 3.8) is 0 Å². The van der Waals surface area contributed by atoms with Crippen LogP contribution in [0.2, 0.25) is 0 Å². The summed E-state index contributed by atoms with van der Waals surface area (Å²) in [5.74, 6) is 0.131. The Kier molecular flexibility index (Phi) is 5.05. The van der Waals surface area contributed by atoms with E-state index < -0.39 is 16.9 Å². The number of para-hydroxylation sites is 1. The number of aryl methyl sites for hydroxylation is 1. The second-order valence-electron chi connectivity index (χ2n) is 5.82. The van der Waals surface area contributed by atoms with Crippen molar-refractivity contribution in [2.45, 2.75) is 38.5 Å². The molecule has 2 rings (SSSR count). The van der Waals surface area contributed by atoms with Gasteiger partial charge in [-0.3, -0.25) is 0 Å². The van der Waals surface area contributed by atoms with Crippen molar-refractivity contribution < 1.29 is 18.3 Å². The van der Waals surface area contributed by atoms with Crippen LogP contribution in [-0.2, 0) is 11.3 Å². The number of hydrogen-bond acceptors (Lipinski definition) is 1. The molecule has 0 amide bonds. The van der Waals surface area contributed by atoms with Gasteiger partial charge >= 0.3 is 6.18 Å². The Morgan fingerprint density at radius 2 is 1.61 bits per heavy atom. The zero-order valence-corrected chi connectivity index (χ0v) is 14.3. The molecule has 0 bridgehead atoms. The summed E-state index contributed by atoms with van der Waals surface area (Å²) in [4.78, 5) is 0. The number of benzene rings is 2. The SMILES string of the molecule is CCC(C)(Pc1c(C)cccc1C(F)(F)F)c1ccccc1O. The van der Waals surface area contributed by atoms with E-state index in [0.29, 0.717) is 22.9 Å². The van der Waals surface area contributed by atoms with Crippen LogP contribution in [0.3, 0.4) is 0 Å². The van der Waals surface area contributed by atoms with Crippen LogP contribution in [0.1, 0.15) is 37.0 Å². The van der Waals surface area contributed by atoms with Crippen molar-refractivity contribution in [1.29, 1.82) is 0 Å². The molecule has 0 spiro atoms. The number of aromatic hydroxyl groups is 1. The molecule has 124 valence electrons. The van der Waals surface area contributed by atoms with Gasteiger partial charge in [-0.2, -0.15) is 13.2 Å². The minimum absolute atomic E-state index is 0.0864. The minimum atomic E-state index is -4.37. The molecule has 0 aliphatic carbocycles. The van der Waals surface area contributed by atoms with Crippen molar-refractivity contribution in [2.24, 2.45) is 0 Å². The van der Waals surface area contributed by atoms with E-state index in [2.05, 4.69) is 0 Å². The summed E-state index contributed by atoms with van der Waals surface area (Å²) in [7, 11) is -0.0864. The van der Waals surface area contributed by atoms with E-state index >= 15 is 0 Å². The fraction of sp³-hybridized carbons (Fsp3) is 0.333. The highest BCUT2D eigenvalue weighted by molar-refractivity contribution is 7.48. The van der Waals surface area contributed by atoms with Crippen LogP contribution in [0.25, 0.3) is 0 Å². The molecule has 0 aliphatic rings. The van der Waals surface area contributed by atoms with E-state index in [1.807, 2.05) is 13.8 Å². The first kappa shape index (κ1) is 17.8. The van der Waals surface area contributed by atoms with E-state index in [4.69, 9.17) is 0 Å². The van der Waals surface area contributed by atoms with E-state index in [0.717, 1.165) is 6.07 Å². The Balaban J connectivity index is 2.54. The van der Waals surface area contributed by atoms with E-state index in [-0.39, 0.29) is 14.3 Å². The largest absolute Gasteiger partial charge is 0.508 e. The molecule has 0 aromatic heterocycles. The summed E-state index contributed by atoms with van der Waals surface area (Å²) < 4.78 is 40.0. The maximum atomic E-state index is 13.3. The lowest BCUT2D eigenvalue weighted by Crippen LogP contribution is -2.24. The first-order valence-electron chi connectivity index (χ1n) is 7.42. The van der Waals surface area contributed by atoms with Crippen LogP contribution in [0.4, 0.5) is 13.2 Å². The summed E-state index contributed by atoms with van der Waals surface area (Å²) in [6, 6.07) is 11.2. The van der Waals surface area contributed by atoms with Crippen molar-refractivity contribution in [3.05, 3.63) is 59.2 Å². The third-order valence-corrected chi connectivity index (χ3v) is 6.27. The second-order valence-corrected chi connectivity index (χ2v) is 7.68. The third-order valence-electron chi connectivity index (χ3n) is 4.18. The van der Waals surface area contributed by atoms with Crippen LogP contribution >= 0.6 is 8.58 Å². The molecule has 0 aliphatic heterocycles. The van der Waals surface area contributed by atoms with E-state index in [1.54, 1.807) is 37.3 Å². The normalized spacial score (nSPS) is 15.0. The zero-order chi connectivity index (χ0) is 17.3. The van der Waals surface area contributed by atoms with Gasteiger partial charge in [-0.05, 0) is 36.3 Å². The summed E-state index contributed by atoms with van der Waals surface area (Å²) in [6.45, 7) is 5.55. The van der Waals surface area contributed by atoms with Gasteiger partial charge in [-0.15, -0.1) is 0 Å². The average Bonchev–Trinajstić information content (AvgIpc) is 2.48. The van der Waals surface area contributed by atoms with Crippen molar-refractivity contribution >= 4 is 13.9 Å². The topological polar surface area (TPSA) is 20.2 Å². The molecule has 23 heavy (non-hydrogen) atoms. The predicted molar refractivity (Wildman–Crippen MR) is 89.9 cm³/mol. The lowest BCUT2D eigenvalue weighted by atomic mass is 9.96. The van der Waals surface area contributed by atoms with Crippen LogP contribution < -0.4 is 5.30 Å². The molecule has 5 heteroatoms. The number of phenolic OH excluding ortho intramolecular Hbond substituents is 1. The van der Waals surface area contributed by atoms with Gasteiger partial charge in [-0.25, -0.2) is 0 Å². The summed E-state index contributed by atoms with van der Waals surface area (Å²) >= 11 is 0. The Hall–Kier alpha value is -1.54. The average molecular weight is 340 g/mol. The summed E-state index contributed by atoms with van der Waals surface area (Å²) in [5.41, 5.74) is 0.747. The monoisotopic (exact) mass is 340 g/mol. The van der Waals surface area contributed by atoms with Gasteiger partial charge in [0.1, 0.15) is 5.75 Å². The standard InChI is InChI=1S/C18H20F3OP/c1-4-17(3,13-9-5-6-11-15(13)22)23-16-12(2)8-7-10-14(16)18(19,20)21/h5-11,22-23H,4H2,1-3H3. The Morgan fingerprint density at radius 3 is 2.17 bits per heavy atom. The summed E-state index contributed by atoms with van der Waals surface area (Å²) in [5, 5.41) is 9.92. The highest BCUT2D eigenvalue weighted by Gasteiger charge is 2.37. The Morgan fingerprint density at radius 1 is 1.00 bits per heavy atom. The fourth-order valence-corrected chi connectivity index (χ4v) is 4.35. The molecule has 2 aromatic rings. The first-order chi connectivity index (χ1) is 10.7. The van der Waals surface area contributed by atoms with E-state index in [1.165, 1.54) is 6.07 Å². The molecule has 1 nitrogen and oxygen atoms in total. The van der Waals surface area contributed by atoms with Crippen LogP contribution in [0, 0.1) is 6.92 Å². The molecule has 0 radical (unpaired) electrons. The minimum Gasteiger partial charge on any atom is -0.508 e. The molecular formula is C18H20F3OP. The zero-order valence-electron chi connectivity index (χ0n) is 13.3. The highest BCUT2D eigenvalue weighted by Crippen LogP contribution is 2.48. The molecular weight excluding hydrogens is 320 g/mol. The van der Waals surface area contributed by atoms with E-state index in [9.17, 15) is 18.3 Å². The van der Waals surface area contributed by atoms with Gasteiger partial charge in [0.25, 0.3) is 0 Å². The van der Waals surface area contributed by atoms with Crippen molar-refractivity contribution in [3.8, 4) is 5.75 Å². The van der Waals surface area contributed by atoms with Gasteiger partial charge < -0.3 is 5.11 Å². The number of alkyl halides is 3. The van der Waals surface area contributed by atoms with Gasteiger partial charge in [-0.1, -0.05) is 52.8 Å². The number of halogens is 3. The summed E-state index contributed by atoms with van der Waals surface area (Å²) in [6.07, 6.45) is -3.74. The molecule has 0 heterocycles. The molecule has 0 fully saturated rings. The molecule has 0 saturated heterocycles. The highest BCUT2D eigenvalue weighted by atomic mass is 31.1. The van der Waals surface area contributed by atoms with Gasteiger partial charge in [0.2, 0.25) is 0 Å².